The molecule has 1 atom stereocenters. The van der Waals surface area contributed by atoms with E-state index in [2.05, 4.69) is 46.8 Å². The SMILES string of the molecule is COC(=O)CCCCc1ccc2c(n1)N(S(=O)c1c(C)c(C)c3c(c1C)CCC(C)(C)O3)CCC2. The molecule has 0 spiro atoms. The Hall–Kier alpha value is -2.41. The Morgan fingerprint density at radius 2 is 1.91 bits per heavy atom. The maximum atomic E-state index is 14.2. The van der Waals surface area contributed by atoms with Crippen LogP contribution in [0.2, 0.25) is 0 Å². The summed E-state index contributed by atoms with van der Waals surface area (Å²) in [5.41, 5.74) is 6.36. The van der Waals surface area contributed by atoms with Gasteiger partial charge in [-0.25, -0.2) is 9.19 Å². The molecule has 0 fully saturated rings. The van der Waals surface area contributed by atoms with Crippen LogP contribution >= 0.6 is 0 Å². The molecule has 2 aromatic rings. The summed E-state index contributed by atoms with van der Waals surface area (Å²) in [6, 6.07) is 4.21. The molecule has 0 N–H and O–H groups in total. The molecule has 3 heterocycles. The molecule has 0 aliphatic carbocycles. The number of hydrogen-bond donors (Lipinski definition) is 0. The number of nitrogens with zero attached hydrogens (tertiary/aromatic N) is 2. The highest BCUT2D eigenvalue weighted by Gasteiger charge is 2.34. The summed E-state index contributed by atoms with van der Waals surface area (Å²) in [4.78, 5) is 17.2. The Balaban J connectivity index is 1.62. The van der Waals surface area contributed by atoms with Gasteiger partial charge in [0.1, 0.15) is 17.2 Å². The fraction of sp³-hybridized carbons (Fsp3) is 0.571. The quantitative estimate of drug-likeness (QED) is 0.374. The number of rotatable bonds is 7. The van der Waals surface area contributed by atoms with Gasteiger partial charge in [0.05, 0.1) is 12.0 Å². The van der Waals surface area contributed by atoms with Crippen molar-refractivity contribution >= 4 is 22.8 Å². The summed E-state index contributed by atoms with van der Waals surface area (Å²) in [6.45, 7) is 11.2. The van der Waals surface area contributed by atoms with E-state index >= 15 is 0 Å². The van der Waals surface area contributed by atoms with Crippen molar-refractivity contribution in [3.05, 3.63) is 45.6 Å². The number of fused-ring (bicyclic) bond motifs is 2. The number of benzene rings is 1. The number of methoxy groups -OCH3 is 1. The molecule has 0 bridgehead atoms. The maximum Gasteiger partial charge on any atom is 0.305 e. The molecule has 0 amide bonds. The topological polar surface area (TPSA) is 68.7 Å². The minimum absolute atomic E-state index is 0.176. The number of carbonyl (C=O) groups is 1. The molecule has 1 aromatic carbocycles. The van der Waals surface area contributed by atoms with Crippen molar-refractivity contribution in [2.45, 2.75) is 96.5 Å². The van der Waals surface area contributed by atoms with E-state index in [4.69, 9.17) is 14.5 Å². The van der Waals surface area contributed by atoms with Crippen LogP contribution < -0.4 is 9.04 Å². The Morgan fingerprint density at radius 3 is 2.66 bits per heavy atom. The second-order valence-electron chi connectivity index (χ2n) is 10.4. The maximum absolute atomic E-state index is 14.2. The molecular formula is C28H38N2O4S. The number of anilines is 1. The number of pyridine rings is 1. The molecule has 2 aliphatic heterocycles. The van der Waals surface area contributed by atoms with Gasteiger partial charge in [0.2, 0.25) is 0 Å². The number of aromatic nitrogens is 1. The first-order valence-electron chi connectivity index (χ1n) is 12.7. The normalized spacial score (nSPS) is 17.3. The highest BCUT2D eigenvalue weighted by molar-refractivity contribution is 7.86. The zero-order chi connectivity index (χ0) is 25.3. The fourth-order valence-corrected chi connectivity index (χ4v) is 6.78. The number of ether oxygens (including phenoxy) is 2. The molecule has 0 saturated heterocycles. The van der Waals surface area contributed by atoms with E-state index in [1.165, 1.54) is 12.7 Å². The molecular weight excluding hydrogens is 460 g/mol. The third-order valence-corrected chi connectivity index (χ3v) is 9.11. The van der Waals surface area contributed by atoms with Crippen molar-refractivity contribution in [1.82, 2.24) is 4.98 Å². The van der Waals surface area contributed by atoms with Crippen LogP contribution in [0.1, 0.15) is 79.5 Å². The first-order chi connectivity index (χ1) is 16.6. The Labute approximate surface area is 212 Å². The predicted octanol–water partition coefficient (Wildman–Crippen LogP) is 5.47. The van der Waals surface area contributed by atoms with E-state index in [1.807, 2.05) is 4.31 Å². The molecule has 0 saturated carbocycles. The van der Waals surface area contributed by atoms with Crippen LogP contribution in [0.5, 0.6) is 5.75 Å². The van der Waals surface area contributed by atoms with Crippen molar-refractivity contribution in [3.8, 4) is 5.75 Å². The van der Waals surface area contributed by atoms with E-state index in [0.717, 1.165) is 95.9 Å². The second kappa shape index (κ2) is 10.3. The minimum Gasteiger partial charge on any atom is -0.487 e. The van der Waals surface area contributed by atoms with Gasteiger partial charge in [0.15, 0.2) is 11.0 Å². The molecule has 190 valence electrons. The number of unbranched alkanes of at least 4 members (excludes halogenated alkanes) is 1. The molecule has 7 heteroatoms. The number of aryl methyl sites for hydroxylation is 2. The van der Waals surface area contributed by atoms with Crippen molar-refractivity contribution in [1.29, 1.82) is 0 Å². The van der Waals surface area contributed by atoms with E-state index in [9.17, 15) is 9.00 Å². The van der Waals surface area contributed by atoms with E-state index < -0.39 is 11.0 Å². The van der Waals surface area contributed by atoms with Crippen LogP contribution in [0.15, 0.2) is 17.0 Å². The monoisotopic (exact) mass is 498 g/mol. The molecule has 4 rings (SSSR count). The van der Waals surface area contributed by atoms with Crippen LogP contribution in [0.4, 0.5) is 5.82 Å². The first-order valence-corrected chi connectivity index (χ1v) is 13.8. The van der Waals surface area contributed by atoms with Crippen molar-refractivity contribution in [2.75, 3.05) is 18.0 Å². The van der Waals surface area contributed by atoms with Gasteiger partial charge in [-0.3, -0.25) is 9.10 Å². The number of esters is 1. The summed E-state index contributed by atoms with van der Waals surface area (Å²) < 4.78 is 27.3. The smallest absolute Gasteiger partial charge is 0.305 e. The van der Waals surface area contributed by atoms with Gasteiger partial charge in [-0.1, -0.05) is 6.07 Å². The zero-order valence-corrected chi connectivity index (χ0v) is 22.8. The molecule has 35 heavy (non-hydrogen) atoms. The molecule has 1 unspecified atom stereocenters. The minimum atomic E-state index is -1.35. The molecule has 6 nitrogen and oxygen atoms in total. The van der Waals surface area contributed by atoms with E-state index in [-0.39, 0.29) is 11.6 Å². The lowest BCUT2D eigenvalue weighted by Crippen LogP contribution is -2.35. The fourth-order valence-electron chi connectivity index (χ4n) is 5.14. The lowest BCUT2D eigenvalue weighted by atomic mass is 9.88. The molecule has 0 radical (unpaired) electrons. The number of hydrogen-bond acceptors (Lipinski definition) is 5. The van der Waals surface area contributed by atoms with Crippen molar-refractivity contribution in [3.63, 3.8) is 0 Å². The average molecular weight is 499 g/mol. The van der Waals surface area contributed by atoms with Crippen LogP contribution in [-0.2, 0) is 39.8 Å². The van der Waals surface area contributed by atoms with Gasteiger partial charge < -0.3 is 9.47 Å². The van der Waals surface area contributed by atoms with Crippen LogP contribution in [0, 0.1) is 20.8 Å². The van der Waals surface area contributed by atoms with Gasteiger partial charge in [-0.05, 0) is 113 Å². The zero-order valence-electron chi connectivity index (χ0n) is 22.0. The average Bonchev–Trinajstić information content (AvgIpc) is 2.84. The summed E-state index contributed by atoms with van der Waals surface area (Å²) in [6.07, 6.45) is 6.63. The Morgan fingerprint density at radius 1 is 1.14 bits per heavy atom. The summed E-state index contributed by atoms with van der Waals surface area (Å²) >= 11 is 0. The lowest BCUT2D eigenvalue weighted by molar-refractivity contribution is -0.140. The van der Waals surface area contributed by atoms with Gasteiger partial charge in [0.25, 0.3) is 0 Å². The standard InChI is InChI=1S/C28H38N2O4S/c1-18-19(2)26(20(3)23-15-16-28(4,5)34-25(18)23)35(32)30-17-9-10-21-13-14-22(29-27(21)30)11-7-8-12-24(31)33-6/h13-14H,7-12,15-17H2,1-6H3. The highest BCUT2D eigenvalue weighted by Crippen LogP contribution is 2.43. The highest BCUT2D eigenvalue weighted by atomic mass is 32.2. The largest absolute Gasteiger partial charge is 0.487 e. The van der Waals surface area contributed by atoms with Gasteiger partial charge >= 0.3 is 5.97 Å². The second-order valence-corrected chi connectivity index (χ2v) is 11.7. The lowest BCUT2D eigenvalue weighted by Gasteiger charge is -2.36. The summed E-state index contributed by atoms with van der Waals surface area (Å²) in [5.74, 6) is 1.64. The van der Waals surface area contributed by atoms with Crippen molar-refractivity contribution < 1.29 is 18.5 Å². The summed E-state index contributed by atoms with van der Waals surface area (Å²) in [5, 5.41) is 0. The molecule has 2 aliphatic rings. The van der Waals surface area contributed by atoms with Crippen molar-refractivity contribution in [2.24, 2.45) is 0 Å². The Kier molecular flexibility index (Phi) is 7.55. The van der Waals surface area contributed by atoms with E-state index in [0.29, 0.717) is 6.42 Å². The number of carbonyl (C=O) groups excluding carboxylic acids is 1. The predicted molar refractivity (Wildman–Crippen MR) is 140 cm³/mol. The van der Waals surface area contributed by atoms with Crippen LogP contribution in [-0.4, -0.2) is 34.4 Å². The molecule has 1 aromatic heterocycles. The van der Waals surface area contributed by atoms with Gasteiger partial charge in [-0.2, -0.15) is 0 Å². The van der Waals surface area contributed by atoms with E-state index in [1.54, 1.807) is 0 Å². The Bertz CT molecular complexity index is 1160. The van der Waals surface area contributed by atoms with Gasteiger partial charge in [0, 0.05) is 18.7 Å². The third kappa shape index (κ3) is 5.25. The summed E-state index contributed by atoms with van der Waals surface area (Å²) in [7, 11) is 0.0691. The van der Waals surface area contributed by atoms with Crippen LogP contribution in [0.25, 0.3) is 0 Å². The third-order valence-electron chi connectivity index (χ3n) is 7.39. The van der Waals surface area contributed by atoms with Crippen LogP contribution in [0.3, 0.4) is 0 Å². The van der Waals surface area contributed by atoms with Gasteiger partial charge in [-0.15, -0.1) is 0 Å². The first kappa shape index (κ1) is 25.7.